The largest absolute Gasteiger partial charge is 0.496 e. The number of carbonyl (C=O) groups is 1. The third-order valence-corrected chi connectivity index (χ3v) is 7.63. The van der Waals surface area contributed by atoms with Crippen LogP contribution in [0.5, 0.6) is 17.2 Å². The maximum Gasteiger partial charge on any atom is 0.282 e. The van der Waals surface area contributed by atoms with Crippen LogP contribution in [0.2, 0.25) is 0 Å². The van der Waals surface area contributed by atoms with Crippen molar-refractivity contribution < 1.29 is 27.8 Å². The number of fused-ring (bicyclic) bond motifs is 2. The fourth-order valence-electron chi connectivity index (χ4n) is 4.80. The first-order valence-electron chi connectivity index (χ1n) is 14.1. The van der Waals surface area contributed by atoms with Crippen molar-refractivity contribution in [2.24, 2.45) is 5.10 Å². The summed E-state index contributed by atoms with van der Waals surface area (Å²) in [5.41, 5.74) is 1.61. The number of hydrogen-bond acceptors (Lipinski definition) is 8. The number of halogens is 2. The van der Waals surface area contributed by atoms with Gasteiger partial charge < -0.3 is 23.9 Å². The van der Waals surface area contributed by atoms with Crippen LogP contribution in [-0.2, 0) is 4.79 Å². The van der Waals surface area contributed by atoms with E-state index in [1.165, 1.54) is 29.1 Å². The van der Waals surface area contributed by atoms with Gasteiger partial charge in [-0.3, -0.25) is 9.59 Å². The van der Waals surface area contributed by atoms with E-state index in [1.54, 1.807) is 61.7 Å². The van der Waals surface area contributed by atoms with E-state index in [2.05, 4.69) is 33.0 Å². The number of anilines is 1. The molecule has 0 spiro atoms. The monoisotopic (exact) mass is 732 g/mol. The second kappa shape index (κ2) is 13.4. The molecule has 0 saturated heterocycles. The van der Waals surface area contributed by atoms with Gasteiger partial charge >= 0.3 is 0 Å². The molecule has 0 aliphatic carbocycles. The zero-order valence-corrected chi connectivity index (χ0v) is 26.8. The minimum atomic E-state index is -0.464. The topological polar surface area (TPSA) is 117 Å². The normalized spacial score (nSPS) is 11.3. The number of hydrogen-bond donors (Lipinski definition) is 1. The second-order valence-corrected chi connectivity index (χ2v) is 11.1. The third-order valence-electron chi connectivity index (χ3n) is 6.83. The van der Waals surface area contributed by atoms with E-state index in [0.717, 1.165) is 5.39 Å². The SMILES string of the molecule is CCOc1cc(C=Nn2c(-c3cc4c(OC)cccc4o3)nc3ccccc3c2=O)cc(I)c1OCC(=O)Nc1cccc(F)c1. The molecule has 1 amide bonds. The molecule has 0 fully saturated rings. The van der Waals surface area contributed by atoms with E-state index < -0.39 is 11.7 Å². The van der Waals surface area contributed by atoms with Gasteiger partial charge in [-0.1, -0.05) is 24.3 Å². The van der Waals surface area contributed by atoms with Gasteiger partial charge in [-0.15, -0.1) is 0 Å². The van der Waals surface area contributed by atoms with Crippen LogP contribution >= 0.6 is 22.6 Å². The number of rotatable bonds is 10. The van der Waals surface area contributed by atoms with E-state index in [4.69, 9.17) is 23.6 Å². The highest BCUT2D eigenvalue weighted by Gasteiger charge is 2.19. The molecule has 6 aromatic rings. The number of nitrogens with zero attached hydrogens (tertiary/aromatic N) is 3. The van der Waals surface area contributed by atoms with E-state index in [1.807, 2.05) is 19.1 Å². The standard InChI is InChI=1S/C34H26FIN4O6/c1-3-44-29-15-20(14-25(36)32(29)45-19-31(41)38-22-9-6-8-21(35)16-22)18-37-40-33(39-26-11-5-4-10-23(26)34(40)42)30-17-24-27(43-2)12-7-13-28(24)46-30/h4-18H,3,19H2,1-2H3,(H,38,41). The Bertz CT molecular complexity index is 2180. The number of nitrogens with one attached hydrogen (secondary N) is 1. The highest BCUT2D eigenvalue weighted by atomic mass is 127. The fourth-order valence-corrected chi connectivity index (χ4v) is 5.58. The van der Waals surface area contributed by atoms with Gasteiger partial charge in [-0.25, -0.2) is 9.37 Å². The van der Waals surface area contributed by atoms with Gasteiger partial charge in [0.15, 0.2) is 23.9 Å². The maximum atomic E-state index is 13.7. The summed E-state index contributed by atoms with van der Waals surface area (Å²) in [7, 11) is 1.58. The number of aromatic nitrogens is 2. The third kappa shape index (κ3) is 6.42. The molecule has 4 aromatic carbocycles. The van der Waals surface area contributed by atoms with Crippen molar-refractivity contribution in [3.8, 4) is 28.8 Å². The molecule has 46 heavy (non-hydrogen) atoms. The Morgan fingerprint density at radius 3 is 2.65 bits per heavy atom. The van der Waals surface area contributed by atoms with Crippen LogP contribution in [0.3, 0.4) is 0 Å². The van der Waals surface area contributed by atoms with Crippen LogP contribution in [-0.4, -0.2) is 42.1 Å². The fraction of sp³-hybridized carbons (Fsp3) is 0.118. The van der Waals surface area contributed by atoms with Crippen molar-refractivity contribution in [1.29, 1.82) is 0 Å². The van der Waals surface area contributed by atoms with Crippen LogP contribution in [0.1, 0.15) is 12.5 Å². The van der Waals surface area contributed by atoms with Crippen molar-refractivity contribution in [2.45, 2.75) is 6.92 Å². The Balaban J connectivity index is 1.34. The van der Waals surface area contributed by atoms with Gasteiger partial charge in [-0.2, -0.15) is 9.78 Å². The van der Waals surface area contributed by atoms with Gasteiger partial charge in [0.25, 0.3) is 11.5 Å². The predicted octanol–water partition coefficient (Wildman–Crippen LogP) is 6.86. The molecule has 0 aliphatic heterocycles. The first kappa shape index (κ1) is 30.8. The van der Waals surface area contributed by atoms with Crippen molar-refractivity contribution in [2.75, 3.05) is 25.6 Å². The molecular formula is C34H26FIN4O6. The zero-order chi connectivity index (χ0) is 32.2. The summed E-state index contributed by atoms with van der Waals surface area (Å²) < 4.78 is 38.6. The molecule has 0 radical (unpaired) electrons. The number of methoxy groups -OCH3 is 1. The first-order chi connectivity index (χ1) is 22.3. The van der Waals surface area contributed by atoms with Crippen molar-refractivity contribution >= 4 is 62.3 Å². The summed E-state index contributed by atoms with van der Waals surface area (Å²) in [6.07, 6.45) is 1.51. The second-order valence-electron chi connectivity index (χ2n) is 9.91. The Labute approximate surface area is 275 Å². The van der Waals surface area contributed by atoms with Crippen LogP contribution < -0.4 is 25.1 Å². The number of ether oxygens (including phenoxy) is 3. The summed E-state index contributed by atoms with van der Waals surface area (Å²) in [5.74, 6) is 0.978. The average Bonchev–Trinajstić information content (AvgIpc) is 3.49. The Hall–Kier alpha value is -5.24. The van der Waals surface area contributed by atoms with Crippen LogP contribution in [0.15, 0.2) is 99.2 Å². The lowest BCUT2D eigenvalue weighted by Gasteiger charge is -2.15. The molecule has 0 bridgehead atoms. The lowest BCUT2D eigenvalue weighted by atomic mass is 10.2. The van der Waals surface area contributed by atoms with Gasteiger partial charge in [-0.05, 0) is 95.7 Å². The van der Waals surface area contributed by atoms with Crippen LogP contribution in [0, 0.1) is 9.39 Å². The summed E-state index contributed by atoms with van der Waals surface area (Å²) in [5, 5.41) is 8.27. The lowest BCUT2D eigenvalue weighted by molar-refractivity contribution is -0.118. The van der Waals surface area contributed by atoms with E-state index in [-0.39, 0.29) is 18.0 Å². The maximum absolute atomic E-state index is 13.7. The number of furan rings is 1. The van der Waals surface area contributed by atoms with Crippen molar-refractivity contribution in [1.82, 2.24) is 9.66 Å². The summed E-state index contributed by atoms with van der Waals surface area (Å²) in [6, 6.07) is 23.3. The molecule has 10 nitrogen and oxygen atoms in total. The Kier molecular flexibility index (Phi) is 8.97. The van der Waals surface area contributed by atoms with E-state index >= 15 is 0 Å². The minimum Gasteiger partial charge on any atom is -0.496 e. The molecular weight excluding hydrogens is 706 g/mol. The molecule has 6 rings (SSSR count). The molecule has 0 unspecified atom stereocenters. The minimum absolute atomic E-state index is 0.210. The molecule has 0 saturated carbocycles. The molecule has 2 heterocycles. The van der Waals surface area contributed by atoms with Crippen LogP contribution in [0.25, 0.3) is 33.5 Å². The Morgan fingerprint density at radius 2 is 1.85 bits per heavy atom. The Morgan fingerprint density at radius 1 is 1.02 bits per heavy atom. The summed E-state index contributed by atoms with van der Waals surface area (Å²) in [4.78, 5) is 30.9. The van der Waals surface area contributed by atoms with Crippen molar-refractivity contribution in [3.05, 3.63) is 110 Å². The number of amides is 1. The molecule has 12 heteroatoms. The molecule has 232 valence electrons. The van der Waals surface area contributed by atoms with E-state index in [9.17, 15) is 14.0 Å². The average molecular weight is 733 g/mol. The van der Waals surface area contributed by atoms with Gasteiger partial charge in [0.05, 0.1) is 39.8 Å². The summed E-state index contributed by atoms with van der Waals surface area (Å²) >= 11 is 2.07. The molecule has 2 aromatic heterocycles. The van der Waals surface area contributed by atoms with Gasteiger partial charge in [0.1, 0.15) is 17.1 Å². The zero-order valence-electron chi connectivity index (χ0n) is 24.6. The smallest absolute Gasteiger partial charge is 0.282 e. The number of benzene rings is 4. The highest BCUT2D eigenvalue weighted by molar-refractivity contribution is 14.1. The predicted molar refractivity (Wildman–Crippen MR) is 182 cm³/mol. The summed E-state index contributed by atoms with van der Waals surface area (Å²) in [6.45, 7) is 1.82. The van der Waals surface area contributed by atoms with Crippen LogP contribution in [0.4, 0.5) is 10.1 Å². The number of para-hydroxylation sites is 1. The highest BCUT2D eigenvalue weighted by Crippen LogP contribution is 2.35. The lowest BCUT2D eigenvalue weighted by Crippen LogP contribution is -2.21. The van der Waals surface area contributed by atoms with Gasteiger partial charge in [0, 0.05) is 5.69 Å². The quantitative estimate of drug-likeness (QED) is 0.121. The van der Waals surface area contributed by atoms with Crippen molar-refractivity contribution in [3.63, 3.8) is 0 Å². The molecule has 1 N–H and O–H groups in total. The number of carbonyl (C=O) groups excluding carboxylic acids is 1. The first-order valence-corrected chi connectivity index (χ1v) is 15.2. The van der Waals surface area contributed by atoms with E-state index in [0.29, 0.717) is 60.9 Å². The molecule has 0 aliphatic rings. The van der Waals surface area contributed by atoms with Gasteiger partial charge in [0.2, 0.25) is 5.82 Å². The molecule has 0 atom stereocenters.